The highest BCUT2D eigenvalue weighted by atomic mass is 19.1. The van der Waals surface area contributed by atoms with Gasteiger partial charge in [-0.05, 0) is 56.2 Å². The lowest BCUT2D eigenvalue weighted by atomic mass is 10.1. The van der Waals surface area contributed by atoms with Crippen LogP contribution in [0.25, 0.3) is 0 Å². The number of anilines is 3. The molecule has 0 aromatic heterocycles. The zero-order valence-electron chi connectivity index (χ0n) is 14.9. The summed E-state index contributed by atoms with van der Waals surface area (Å²) < 4.78 is 13.6. The van der Waals surface area contributed by atoms with Gasteiger partial charge in [0.15, 0.2) is 0 Å². The number of nitrogens with one attached hydrogen (secondary N) is 2. The molecule has 0 radical (unpaired) electrons. The average Bonchev–Trinajstić information content (AvgIpc) is 3.03. The van der Waals surface area contributed by atoms with E-state index < -0.39 is 11.9 Å². The van der Waals surface area contributed by atoms with Crippen molar-refractivity contribution in [2.24, 2.45) is 0 Å². The third-order valence-corrected chi connectivity index (χ3v) is 4.47. The van der Waals surface area contributed by atoms with Crippen LogP contribution in [0.1, 0.15) is 25.3 Å². The molecule has 136 valence electrons. The van der Waals surface area contributed by atoms with Crippen LogP contribution in [0.15, 0.2) is 42.5 Å². The Kier molecular flexibility index (Phi) is 5.21. The Labute approximate surface area is 152 Å². The summed E-state index contributed by atoms with van der Waals surface area (Å²) >= 11 is 0. The zero-order valence-corrected chi connectivity index (χ0v) is 14.9. The normalized spacial score (nSPS) is 15.0. The fourth-order valence-electron chi connectivity index (χ4n) is 3.07. The molecule has 2 N–H and O–H groups in total. The monoisotopic (exact) mass is 355 g/mol. The molecule has 3 rings (SSSR count). The first-order valence-corrected chi connectivity index (χ1v) is 8.68. The first-order chi connectivity index (χ1) is 12.5. The van der Waals surface area contributed by atoms with E-state index >= 15 is 0 Å². The minimum atomic E-state index is -0.548. The number of benzene rings is 2. The number of amides is 2. The molecule has 0 bridgehead atoms. The zero-order chi connectivity index (χ0) is 18.7. The molecule has 1 fully saturated rings. The van der Waals surface area contributed by atoms with E-state index in [1.54, 1.807) is 24.0 Å². The Morgan fingerprint density at radius 1 is 1.23 bits per heavy atom. The van der Waals surface area contributed by atoms with Gasteiger partial charge >= 0.3 is 0 Å². The van der Waals surface area contributed by atoms with E-state index in [4.69, 9.17) is 0 Å². The molecule has 2 aromatic carbocycles. The Balaban J connectivity index is 1.66. The van der Waals surface area contributed by atoms with E-state index in [-0.39, 0.29) is 17.5 Å². The van der Waals surface area contributed by atoms with Crippen molar-refractivity contribution in [1.29, 1.82) is 0 Å². The average molecular weight is 355 g/mol. The van der Waals surface area contributed by atoms with Crippen LogP contribution in [0.4, 0.5) is 21.5 Å². The van der Waals surface area contributed by atoms with Gasteiger partial charge in [0, 0.05) is 24.3 Å². The summed E-state index contributed by atoms with van der Waals surface area (Å²) in [7, 11) is 0. The first kappa shape index (κ1) is 17.9. The van der Waals surface area contributed by atoms with Gasteiger partial charge in [0.1, 0.15) is 11.9 Å². The number of nitrogens with zero attached hydrogens (tertiary/aromatic N) is 1. The molecular weight excluding hydrogens is 333 g/mol. The van der Waals surface area contributed by atoms with E-state index in [1.807, 2.05) is 25.1 Å². The number of aryl methyl sites for hydroxylation is 1. The van der Waals surface area contributed by atoms with Crippen molar-refractivity contribution in [3.05, 3.63) is 53.8 Å². The van der Waals surface area contributed by atoms with Gasteiger partial charge in [0.25, 0.3) is 0 Å². The summed E-state index contributed by atoms with van der Waals surface area (Å²) in [6.45, 7) is 4.40. The highest BCUT2D eigenvalue weighted by molar-refractivity contribution is 5.97. The van der Waals surface area contributed by atoms with Crippen LogP contribution >= 0.6 is 0 Å². The van der Waals surface area contributed by atoms with Gasteiger partial charge in [-0.3, -0.25) is 9.59 Å². The smallest absolute Gasteiger partial charge is 0.246 e. The first-order valence-electron chi connectivity index (χ1n) is 8.68. The van der Waals surface area contributed by atoms with Crippen LogP contribution < -0.4 is 15.5 Å². The predicted molar refractivity (Wildman–Crippen MR) is 101 cm³/mol. The summed E-state index contributed by atoms with van der Waals surface area (Å²) in [4.78, 5) is 26.0. The predicted octanol–water partition coefficient (Wildman–Crippen LogP) is 3.70. The van der Waals surface area contributed by atoms with Crippen LogP contribution in [0, 0.1) is 12.7 Å². The summed E-state index contributed by atoms with van der Waals surface area (Å²) in [5.74, 6) is -0.651. The second-order valence-electron chi connectivity index (χ2n) is 6.49. The molecule has 0 unspecified atom stereocenters. The van der Waals surface area contributed by atoms with Crippen molar-refractivity contribution >= 4 is 28.9 Å². The third kappa shape index (κ3) is 3.85. The fourth-order valence-corrected chi connectivity index (χ4v) is 3.07. The van der Waals surface area contributed by atoms with Crippen molar-refractivity contribution in [2.75, 3.05) is 22.1 Å². The van der Waals surface area contributed by atoms with E-state index in [1.165, 1.54) is 12.1 Å². The molecule has 1 aliphatic rings. The number of carbonyl (C=O) groups is 2. The standard InChI is InChI=1S/C20H22FN3O2/c1-13-12-15(9-10-18(13)24-11-5-8-19(24)25)22-14(2)20(26)23-17-7-4-3-6-16(17)21/h3-4,6-7,9-10,12,14,22H,5,8,11H2,1-2H3,(H,23,26)/t14-/m0/s1. The largest absolute Gasteiger partial charge is 0.374 e. The maximum absolute atomic E-state index is 13.6. The maximum Gasteiger partial charge on any atom is 0.246 e. The molecule has 26 heavy (non-hydrogen) atoms. The Morgan fingerprint density at radius 3 is 2.65 bits per heavy atom. The summed E-state index contributed by atoms with van der Waals surface area (Å²) in [6.07, 6.45) is 1.47. The molecule has 1 aliphatic heterocycles. The molecule has 2 amide bonds. The van der Waals surface area contributed by atoms with Gasteiger partial charge < -0.3 is 15.5 Å². The number of hydrogen-bond donors (Lipinski definition) is 2. The molecule has 0 aliphatic carbocycles. The second-order valence-corrected chi connectivity index (χ2v) is 6.49. The van der Waals surface area contributed by atoms with Crippen LogP contribution in [0.3, 0.4) is 0 Å². The molecule has 0 saturated carbocycles. The van der Waals surface area contributed by atoms with Crippen molar-refractivity contribution < 1.29 is 14.0 Å². The number of para-hydroxylation sites is 1. The lowest BCUT2D eigenvalue weighted by Gasteiger charge is -2.20. The Bertz CT molecular complexity index is 838. The van der Waals surface area contributed by atoms with Crippen LogP contribution in [0.5, 0.6) is 0 Å². The van der Waals surface area contributed by atoms with Crippen molar-refractivity contribution in [2.45, 2.75) is 32.7 Å². The quantitative estimate of drug-likeness (QED) is 0.860. The summed E-state index contributed by atoms with van der Waals surface area (Å²) in [5.41, 5.74) is 2.80. The lowest BCUT2D eigenvalue weighted by Crippen LogP contribution is -2.32. The van der Waals surface area contributed by atoms with Crippen LogP contribution in [-0.2, 0) is 9.59 Å². The number of rotatable bonds is 5. The Hall–Kier alpha value is -2.89. The molecule has 1 heterocycles. The van der Waals surface area contributed by atoms with E-state index in [0.717, 1.165) is 29.9 Å². The number of hydrogen-bond acceptors (Lipinski definition) is 3. The van der Waals surface area contributed by atoms with Gasteiger partial charge in [-0.1, -0.05) is 12.1 Å². The van der Waals surface area contributed by atoms with Crippen LogP contribution in [0.2, 0.25) is 0 Å². The van der Waals surface area contributed by atoms with E-state index in [0.29, 0.717) is 6.42 Å². The Morgan fingerprint density at radius 2 is 2.00 bits per heavy atom. The van der Waals surface area contributed by atoms with E-state index in [9.17, 15) is 14.0 Å². The number of halogens is 1. The molecular formula is C20H22FN3O2. The van der Waals surface area contributed by atoms with Gasteiger partial charge in [0.05, 0.1) is 5.69 Å². The lowest BCUT2D eigenvalue weighted by molar-refractivity contribution is -0.117. The van der Waals surface area contributed by atoms with Gasteiger partial charge in [-0.15, -0.1) is 0 Å². The fraction of sp³-hybridized carbons (Fsp3) is 0.300. The number of carbonyl (C=O) groups excluding carboxylic acids is 2. The molecule has 2 aromatic rings. The van der Waals surface area contributed by atoms with Gasteiger partial charge in [-0.25, -0.2) is 4.39 Å². The highest BCUT2D eigenvalue weighted by Gasteiger charge is 2.23. The second kappa shape index (κ2) is 7.56. The molecule has 5 nitrogen and oxygen atoms in total. The minimum Gasteiger partial charge on any atom is -0.374 e. The van der Waals surface area contributed by atoms with Crippen molar-refractivity contribution in [1.82, 2.24) is 0 Å². The van der Waals surface area contributed by atoms with Crippen LogP contribution in [-0.4, -0.2) is 24.4 Å². The minimum absolute atomic E-state index is 0.145. The maximum atomic E-state index is 13.6. The summed E-state index contributed by atoms with van der Waals surface area (Å²) in [6, 6.07) is 11.2. The third-order valence-electron chi connectivity index (χ3n) is 4.47. The molecule has 0 spiro atoms. The molecule has 1 atom stereocenters. The topological polar surface area (TPSA) is 61.4 Å². The molecule has 1 saturated heterocycles. The summed E-state index contributed by atoms with van der Waals surface area (Å²) in [5, 5.41) is 5.69. The SMILES string of the molecule is Cc1cc(N[C@@H](C)C(=O)Nc2ccccc2F)ccc1N1CCCC1=O. The van der Waals surface area contributed by atoms with Crippen molar-refractivity contribution in [3.8, 4) is 0 Å². The van der Waals surface area contributed by atoms with Crippen molar-refractivity contribution in [3.63, 3.8) is 0 Å². The van der Waals surface area contributed by atoms with Gasteiger partial charge in [0.2, 0.25) is 11.8 Å². The van der Waals surface area contributed by atoms with Gasteiger partial charge in [-0.2, -0.15) is 0 Å². The van der Waals surface area contributed by atoms with E-state index in [2.05, 4.69) is 10.6 Å². The highest BCUT2D eigenvalue weighted by Crippen LogP contribution is 2.27. The molecule has 6 heteroatoms.